The lowest BCUT2D eigenvalue weighted by Crippen LogP contribution is -2.28. The third kappa shape index (κ3) is 4.83. The lowest BCUT2D eigenvalue weighted by molar-refractivity contribution is -0.119. The van der Waals surface area contributed by atoms with Crippen LogP contribution in [-0.4, -0.2) is 26.4 Å². The van der Waals surface area contributed by atoms with E-state index < -0.39 is 0 Å². The summed E-state index contributed by atoms with van der Waals surface area (Å²) in [7, 11) is 0. The molecule has 3 rings (SSSR count). The van der Waals surface area contributed by atoms with Crippen LogP contribution in [0.15, 0.2) is 53.9 Å². The first-order valence-electron chi connectivity index (χ1n) is 8.29. The first kappa shape index (κ1) is 19.7. The number of nitrogens with one attached hydrogen (secondary N) is 1. The second-order valence-electron chi connectivity index (χ2n) is 6.02. The molecule has 0 saturated heterocycles. The Hall–Kier alpha value is -2.02. The Morgan fingerprint density at radius 1 is 1.22 bits per heavy atom. The molecule has 0 aliphatic carbocycles. The van der Waals surface area contributed by atoms with Crippen LogP contribution in [0.5, 0.6) is 0 Å². The first-order valence-corrected chi connectivity index (χ1v) is 10.0. The van der Waals surface area contributed by atoms with E-state index in [2.05, 4.69) is 15.5 Å². The van der Waals surface area contributed by atoms with E-state index in [4.69, 9.17) is 23.2 Å². The molecule has 1 heterocycles. The van der Waals surface area contributed by atoms with Crippen molar-refractivity contribution < 1.29 is 4.79 Å². The molecule has 0 aliphatic rings. The van der Waals surface area contributed by atoms with E-state index in [-0.39, 0.29) is 17.7 Å². The predicted molar refractivity (Wildman–Crippen MR) is 110 cm³/mol. The number of aryl methyl sites for hydroxylation is 1. The van der Waals surface area contributed by atoms with E-state index in [0.29, 0.717) is 15.2 Å². The third-order valence-corrected chi connectivity index (χ3v) is 5.73. The van der Waals surface area contributed by atoms with Crippen molar-refractivity contribution in [3.63, 3.8) is 0 Å². The third-order valence-electron chi connectivity index (χ3n) is 4.04. The number of nitrogens with zero attached hydrogens (tertiary/aromatic N) is 3. The van der Waals surface area contributed by atoms with Gasteiger partial charge in [-0.05, 0) is 43.2 Å². The van der Waals surface area contributed by atoms with Gasteiger partial charge in [0.25, 0.3) is 0 Å². The molecule has 140 valence electrons. The van der Waals surface area contributed by atoms with Gasteiger partial charge in [0.05, 0.1) is 27.5 Å². The minimum absolute atomic E-state index is 0.0992. The molecule has 8 heteroatoms. The number of aromatic nitrogens is 3. The standard InChI is InChI=1S/C19H18Cl2N4OS/c1-12-5-3-4-6-17(12)25-11-22-24-19(25)27-10-18(26)23-13(2)14-7-8-15(20)16(21)9-14/h3-9,11,13H,10H2,1-2H3,(H,23,26). The summed E-state index contributed by atoms with van der Waals surface area (Å²) in [6, 6.07) is 13.1. The van der Waals surface area contributed by atoms with Crippen molar-refractivity contribution in [2.45, 2.75) is 25.0 Å². The van der Waals surface area contributed by atoms with E-state index in [1.807, 2.05) is 48.7 Å². The van der Waals surface area contributed by atoms with Crippen LogP contribution in [0.25, 0.3) is 5.69 Å². The number of para-hydroxylation sites is 1. The average molecular weight is 421 g/mol. The Balaban J connectivity index is 1.62. The summed E-state index contributed by atoms with van der Waals surface area (Å²) < 4.78 is 1.88. The molecule has 5 nitrogen and oxygen atoms in total. The highest BCUT2D eigenvalue weighted by molar-refractivity contribution is 7.99. The van der Waals surface area contributed by atoms with Gasteiger partial charge in [-0.1, -0.05) is 59.2 Å². The summed E-state index contributed by atoms with van der Waals surface area (Å²) in [6.45, 7) is 3.92. The molecule has 1 amide bonds. The van der Waals surface area contributed by atoms with Crippen molar-refractivity contribution in [3.05, 3.63) is 70.0 Å². The highest BCUT2D eigenvalue weighted by Crippen LogP contribution is 2.26. The second-order valence-corrected chi connectivity index (χ2v) is 7.78. The fraction of sp³-hybridized carbons (Fsp3) is 0.211. The number of rotatable bonds is 6. The number of thioether (sulfide) groups is 1. The fourth-order valence-electron chi connectivity index (χ4n) is 2.60. The summed E-state index contributed by atoms with van der Waals surface area (Å²) in [4.78, 5) is 12.3. The highest BCUT2D eigenvalue weighted by atomic mass is 35.5. The monoisotopic (exact) mass is 420 g/mol. The maximum Gasteiger partial charge on any atom is 0.230 e. The summed E-state index contributed by atoms with van der Waals surface area (Å²) >= 11 is 13.3. The molecule has 0 fully saturated rings. The molecule has 1 N–H and O–H groups in total. The minimum Gasteiger partial charge on any atom is -0.349 e. The van der Waals surface area contributed by atoms with Crippen LogP contribution in [0.4, 0.5) is 0 Å². The van der Waals surface area contributed by atoms with Crippen molar-refractivity contribution in [1.29, 1.82) is 0 Å². The second kappa shape index (κ2) is 8.78. The van der Waals surface area contributed by atoms with Crippen molar-refractivity contribution >= 4 is 40.9 Å². The quantitative estimate of drug-likeness (QED) is 0.578. The van der Waals surface area contributed by atoms with Gasteiger partial charge in [0.15, 0.2) is 5.16 Å². The van der Waals surface area contributed by atoms with Crippen LogP contribution >= 0.6 is 35.0 Å². The zero-order chi connectivity index (χ0) is 19.4. The highest BCUT2D eigenvalue weighted by Gasteiger charge is 2.14. The molecule has 0 aliphatic heterocycles. The van der Waals surface area contributed by atoms with Gasteiger partial charge in [-0.3, -0.25) is 9.36 Å². The molecule has 3 aromatic rings. The number of amides is 1. The van der Waals surface area contributed by atoms with Gasteiger partial charge in [0.1, 0.15) is 6.33 Å². The van der Waals surface area contributed by atoms with E-state index in [9.17, 15) is 4.79 Å². The van der Waals surface area contributed by atoms with Gasteiger partial charge in [-0.25, -0.2) is 0 Å². The maximum absolute atomic E-state index is 12.3. The van der Waals surface area contributed by atoms with Crippen LogP contribution in [0.3, 0.4) is 0 Å². The van der Waals surface area contributed by atoms with Gasteiger partial charge in [-0.15, -0.1) is 10.2 Å². The van der Waals surface area contributed by atoms with Crippen molar-refractivity contribution in [2.75, 3.05) is 5.75 Å². The fourth-order valence-corrected chi connectivity index (χ4v) is 3.64. The first-order chi connectivity index (χ1) is 13.0. The van der Waals surface area contributed by atoms with Crippen molar-refractivity contribution in [2.24, 2.45) is 0 Å². The summed E-state index contributed by atoms with van der Waals surface area (Å²) in [5.41, 5.74) is 3.00. The number of benzene rings is 2. The number of halogens is 2. The summed E-state index contributed by atoms with van der Waals surface area (Å²) in [5, 5.41) is 12.7. The topological polar surface area (TPSA) is 59.8 Å². The Morgan fingerprint density at radius 3 is 2.74 bits per heavy atom. The van der Waals surface area contributed by atoms with E-state index in [1.54, 1.807) is 18.5 Å². The molecule has 0 bridgehead atoms. The van der Waals surface area contributed by atoms with Gasteiger partial charge in [0, 0.05) is 0 Å². The average Bonchev–Trinajstić information content (AvgIpc) is 3.11. The van der Waals surface area contributed by atoms with E-state index in [0.717, 1.165) is 16.8 Å². The Bertz CT molecular complexity index is 960. The molecule has 1 atom stereocenters. The van der Waals surface area contributed by atoms with Crippen molar-refractivity contribution in [1.82, 2.24) is 20.1 Å². The van der Waals surface area contributed by atoms with Crippen LogP contribution < -0.4 is 5.32 Å². The summed E-state index contributed by atoms with van der Waals surface area (Å²) in [5.74, 6) is 0.133. The Kier molecular flexibility index (Phi) is 6.42. The Morgan fingerprint density at radius 2 is 2.00 bits per heavy atom. The smallest absolute Gasteiger partial charge is 0.230 e. The SMILES string of the molecule is Cc1ccccc1-n1cnnc1SCC(=O)NC(C)c1ccc(Cl)c(Cl)c1. The molecule has 0 radical (unpaired) electrons. The number of hydrogen-bond acceptors (Lipinski definition) is 4. The van der Waals surface area contributed by atoms with Crippen molar-refractivity contribution in [3.8, 4) is 5.69 Å². The van der Waals surface area contributed by atoms with Crippen LogP contribution in [0.2, 0.25) is 10.0 Å². The predicted octanol–water partition coefficient (Wildman–Crippen LogP) is 4.85. The molecular formula is C19H18Cl2N4OS. The van der Waals surface area contributed by atoms with E-state index in [1.165, 1.54) is 11.8 Å². The number of carbonyl (C=O) groups excluding carboxylic acids is 1. The minimum atomic E-state index is -0.179. The maximum atomic E-state index is 12.3. The Labute approximate surface area is 172 Å². The zero-order valence-electron chi connectivity index (χ0n) is 14.8. The molecule has 27 heavy (non-hydrogen) atoms. The zero-order valence-corrected chi connectivity index (χ0v) is 17.1. The van der Waals surface area contributed by atoms with E-state index >= 15 is 0 Å². The number of carbonyl (C=O) groups is 1. The largest absolute Gasteiger partial charge is 0.349 e. The lowest BCUT2D eigenvalue weighted by atomic mass is 10.1. The number of hydrogen-bond donors (Lipinski definition) is 1. The normalized spacial score (nSPS) is 12.0. The molecule has 1 unspecified atom stereocenters. The van der Waals surface area contributed by atoms with Gasteiger partial charge in [0.2, 0.25) is 5.91 Å². The molecule has 0 saturated carbocycles. The van der Waals surface area contributed by atoms with Gasteiger partial charge in [-0.2, -0.15) is 0 Å². The molecule has 2 aromatic carbocycles. The van der Waals surface area contributed by atoms with Crippen LogP contribution in [0.1, 0.15) is 24.1 Å². The van der Waals surface area contributed by atoms with Crippen LogP contribution in [-0.2, 0) is 4.79 Å². The van der Waals surface area contributed by atoms with Gasteiger partial charge < -0.3 is 5.32 Å². The lowest BCUT2D eigenvalue weighted by Gasteiger charge is -2.15. The summed E-state index contributed by atoms with van der Waals surface area (Å²) in [6.07, 6.45) is 1.65. The van der Waals surface area contributed by atoms with Gasteiger partial charge >= 0.3 is 0 Å². The van der Waals surface area contributed by atoms with Crippen LogP contribution in [0, 0.1) is 6.92 Å². The molecule has 0 spiro atoms. The molecular weight excluding hydrogens is 403 g/mol. The molecule has 1 aromatic heterocycles.